The van der Waals surface area contributed by atoms with Crippen LogP contribution in [0.2, 0.25) is 0 Å². The molecule has 8 N–H and O–H groups in total. The van der Waals surface area contributed by atoms with Crippen LogP contribution in [0.15, 0.2) is 12.2 Å². The number of allylic oxidation sites excluding steroid dienone is 2. The van der Waals surface area contributed by atoms with E-state index in [9.17, 15) is 40.5 Å². The summed E-state index contributed by atoms with van der Waals surface area (Å²) in [5.41, 5.74) is 0. The number of unbranched alkanes of at least 4 members (excludes halogenated alkanes) is 28. The highest BCUT2D eigenvalue weighted by Crippen LogP contribution is 2.23. The number of amides is 1. The molecule has 356 valence electrons. The van der Waals surface area contributed by atoms with Gasteiger partial charge in [-0.2, -0.15) is 0 Å². The van der Waals surface area contributed by atoms with Crippen LogP contribution in [0, 0.1) is 0 Å². The summed E-state index contributed by atoms with van der Waals surface area (Å²) in [7, 11) is 0. The molecule has 11 heteroatoms. The number of rotatable bonds is 42. The Morgan fingerprint density at radius 1 is 0.567 bits per heavy atom. The number of carbonyl (C=O) groups excluding carboxylic acids is 1. The molecule has 11 nitrogen and oxygen atoms in total. The largest absolute Gasteiger partial charge is 0.394 e. The van der Waals surface area contributed by atoms with Crippen molar-refractivity contribution in [1.29, 1.82) is 0 Å². The summed E-state index contributed by atoms with van der Waals surface area (Å²) in [5.74, 6) is -0.704. The van der Waals surface area contributed by atoms with Gasteiger partial charge in [0.15, 0.2) is 6.29 Å². The summed E-state index contributed by atoms with van der Waals surface area (Å²) >= 11 is 0. The molecular formula is C49H95NO10. The van der Waals surface area contributed by atoms with E-state index in [1.165, 1.54) is 148 Å². The highest BCUT2D eigenvalue weighted by molar-refractivity contribution is 5.80. The SMILES string of the molecule is CCCCCCCCC/C=C\CCC[C@@H](O)[C@@H](O)[C@H](CO[C@@H]1O[C@H](CO)[C@@H](O)[C@H](O)[C@H]1O)NC(=O)[C@H](O)CCCCCCCCCCCCCCCCCCCCCCC. The van der Waals surface area contributed by atoms with Gasteiger partial charge in [-0.05, 0) is 38.5 Å². The summed E-state index contributed by atoms with van der Waals surface area (Å²) in [6.07, 6.45) is 31.3. The lowest BCUT2D eigenvalue weighted by molar-refractivity contribution is -0.303. The van der Waals surface area contributed by atoms with Crippen molar-refractivity contribution in [1.82, 2.24) is 5.32 Å². The quantitative estimate of drug-likeness (QED) is 0.0218. The molecule has 0 unspecified atom stereocenters. The highest BCUT2D eigenvalue weighted by Gasteiger charge is 2.44. The number of aliphatic hydroxyl groups excluding tert-OH is 7. The number of hydrogen-bond acceptors (Lipinski definition) is 10. The Bertz CT molecular complexity index is 986. The van der Waals surface area contributed by atoms with Gasteiger partial charge in [0.1, 0.15) is 36.6 Å². The van der Waals surface area contributed by atoms with E-state index in [0.29, 0.717) is 12.8 Å². The molecule has 0 aromatic rings. The van der Waals surface area contributed by atoms with Gasteiger partial charge < -0.3 is 50.5 Å². The fourth-order valence-electron chi connectivity index (χ4n) is 8.15. The van der Waals surface area contributed by atoms with Crippen LogP contribution in [0.25, 0.3) is 0 Å². The topological polar surface area (TPSA) is 189 Å². The van der Waals surface area contributed by atoms with Gasteiger partial charge in [-0.1, -0.05) is 199 Å². The molecule has 0 saturated carbocycles. The van der Waals surface area contributed by atoms with E-state index < -0.39 is 74.2 Å². The number of nitrogens with one attached hydrogen (secondary N) is 1. The monoisotopic (exact) mass is 858 g/mol. The molecule has 0 aliphatic carbocycles. The van der Waals surface area contributed by atoms with Crippen LogP contribution >= 0.6 is 0 Å². The van der Waals surface area contributed by atoms with E-state index in [1.54, 1.807) is 0 Å². The molecule has 60 heavy (non-hydrogen) atoms. The van der Waals surface area contributed by atoms with Gasteiger partial charge in [-0.3, -0.25) is 4.79 Å². The normalized spacial score (nSPS) is 21.6. The second-order valence-electron chi connectivity index (χ2n) is 17.9. The van der Waals surface area contributed by atoms with Crippen LogP contribution < -0.4 is 5.32 Å². The first kappa shape index (κ1) is 56.9. The van der Waals surface area contributed by atoms with Gasteiger partial charge in [0.2, 0.25) is 5.91 Å². The third kappa shape index (κ3) is 28.5. The molecular weight excluding hydrogens is 763 g/mol. The second kappa shape index (κ2) is 39.4. The average Bonchev–Trinajstić information content (AvgIpc) is 3.25. The lowest BCUT2D eigenvalue weighted by atomic mass is 9.98. The summed E-state index contributed by atoms with van der Waals surface area (Å²) in [6, 6.07) is -1.18. The third-order valence-corrected chi connectivity index (χ3v) is 12.3. The van der Waals surface area contributed by atoms with E-state index in [-0.39, 0.29) is 12.8 Å². The highest BCUT2D eigenvalue weighted by atomic mass is 16.7. The third-order valence-electron chi connectivity index (χ3n) is 12.3. The van der Waals surface area contributed by atoms with Gasteiger partial charge in [-0.15, -0.1) is 0 Å². The Kier molecular flexibility index (Phi) is 37.4. The maximum atomic E-state index is 13.1. The molecule has 0 radical (unpaired) electrons. The molecule has 0 aromatic carbocycles. The summed E-state index contributed by atoms with van der Waals surface area (Å²) in [4.78, 5) is 13.1. The zero-order valence-electron chi connectivity index (χ0n) is 38.5. The first-order valence-electron chi connectivity index (χ1n) is 25.1. The van der Waals surface area contributed by atoms with Crippen molar-refractivity contribution in [2.24, 2.45) is 0 Å². The van der Waals surface area contributed by atoms with Gasteiger partial charge in [-0.25, -0.2) is 0 Å². The van der Waals surface area contributed by atoms with Crippen molar-refractivity contribution in [2.45, 2.75) is 281 Å². The van der Waals surface area contributed by atoms with Crippen molar-refractivity contribution in [2.75, 3.05) is 13.2 Å². The van der Waals surface area contributed by atoms with Crippen molar-refractivity contribution >= 4 is 5.91 Å². The standard InChI is InChI=1S/C49H95NO10/c1-3-5-7-9-11-13-15-17-18-19-20-21-22-23-24-25-27-29-31-33-35-37-42(53)48(58)50-40(39-59-49-47(57)46(56)45(55)43(38-51)60-49)44(54)41(52)36-34-32-30-28-26-16-14-12-10-8-6-4-2/h28,30,40-47,49,51-57H,3-27,29,31-39H2,1-2H3,(H,50,58)/b30-28-/t40-,41+,42+,43+,44-,45+,46-,47+,49+/m0/s1. The van der Waals surface area contributed by atoms with Crippen LogP contribution in [-0.4, -0.2) is 110 Å². The average molecular weight is 858 g/mol. The molecule has 1 aliphatic heterocycles. The Balaban J connectivity index is 2.37. The molecule has 0 aromatic heterocycles. The fourth-order valence-corrected chi connectivity index (χ4v) is 8.15. The fraction of sp³-hybridized carbons (Fsp3) is 0.939. The van der Waals surface area contributed by atoms with Gasteiger partial charge in [0.25, 0.3) is 0 Å². The predicted octanol–water partition coefficient (Wildman–Crippen LogP) is 8.84. The van der Waals surface area contributed by atoms with Gasteiger partial charge >= 0.3 is 0 Å². The lowest BCUT2D eigenvalue weighted by Gasteiger charge is -2.40. The van der Waals surface area contributed by atoms with Crippen LogP contribution in [0.4, 0.5) is 0 Å². The number of carbonyl (C=O) groups is 1. The van der Waals surface area contributed by atoms with Crippen molar-refractivity contribution in [3.63, 3.8) is 0 Å². The number of aliphatic hydroxyl groups is 7. The Morgan fingerprint density at radius 2 is 0.983 bits per heavy atom. The predicted molar refractivity (Wildman–Crippen MR) is 243 cm³/mol. The van der Waals surface area contributed by atoms with Crippen molar-refractivity contribution in [3.05, 3.63) is 12.2 Å². The molecule has 1 aliphatic rings. The van der Waals surface area contributed by atoms with Crippen molar-refractivity contribution in [3.8, 4) is 0 Å². The van der Waals surface area contributed by atoms with Crippen LogP contribution in [0.5, 0.6) is 0 Å². The van der Waals surface area contributed by atoms with Gasteiger partial charge in [0, 0.05) is 0 Å². The minimum atomic E-state index is -1.66. The lowest BCUT2D eigenvalue weighted by Crippen LogP contribution is -2.60. The second-order valence-corrected chi connectivity index (χ2v) is 17.9. The minimum Gasteiger partial charge on any atom is -0.394 e. The minimum absolute atomic E-state index is 0.259. The molecule has 1 saturated heterocycles. The maximum absolute atomic E-state index is 13.1. The van der Waals surface area contributed by atoms with E-state index in [2.05, 4.69) is 31.3 Å². The zero-order chi connectivity index (χ0) is 44.1. The zero-order valence-corrected chi connectivity index (χ0v) is 38.5. The Labute approximate surface area is 366 Å². The first-order chi connectivity index (χ1) is 29.2. The van der Waals surface area contributed by atoms with Crippen LogP contribution in [0.3, 0.4) is 0 Å². The van der Waals surface area contributed by atoms with Crippen molar-refractivity contribution < 1.29 is 50.0 Å². The molecule has 1 fully saturated rings. The smallest absolute Gasteiger partial charge is 0.249 e. The molecule has 1 heterocycles. The molecule has 9 atom stereocenters. The number of ether oxygens (including phenoxy) is 2. The van der Waals surface area contributed by atoms with E-state index in [1.807, 2.05) is 0 Å². The molecule has 1 rings (SSSR count). The van der Waals surface area contributed by atoms with Crippen LogP contribution in [-0.2, 0) is 14.3 Å². The Morgan fingerprint density at radius 3 is 1.43 bits per heavy atom. The maximum Gasteiger partial charge on any atom is 0.249 e. The summed E-state index contributed by atoms with van der Waals surface area (Å²) < 4.78 is 11.1. The summed E-state index contributed by atoms with van der Waals surface area (Å²) in [6.45, 7) is 3.43. The number of hydrogen-bond donors (Lipinski definition) is 8. The molecule has 0 spiro atoms. The Hall–Kier alpha value is -1.15. The molecule has 0 bridgehead atoms. The van der Waals surface area contributed by atoms with E-state index >= 15 is 0 Å². The van der Waals surface area contributed by atoms with E-state index in [4.69, 9.17) is 9.47 Å². The first-order valence-corrected chi connectivity index (χ1v) is 25.1. The van der Waals surface area contributed by atoms with E-state index in [0.717, 1.165) is 38.5 Å². The summed E-state index contributed by atoms with van der Waals surface area (Å²) in [5, 5.41) is 75.7. The van der Waals surface area contributed by atoms with Crippen LogP contribution in [0.1, 0.15) is 226 Å². The molecule has 1 amide bonds. The van der Waals surface area contributed by atoms with Gasteiger partial charge in [0.05, 0.1) is 25.4 Å².